The number of hydrogen-bond donors (Lipinski definition) is 1. The van der Waals surface area contributed by atoms with Gasteiger partial charge in [-0.25, -0.2) is 0 Å². The summed E-state index contributed by atoms with van der Waals surface area (Å²) in [5.41, 5.74) is 1.36. The molecule has 0 spiro atoms. The molecule has 0 saturated heterocycles. The summed E-state index contributed by atoms with van der Waals surface area (Å²) in [5, 5.41) is 3.45. The maximum Gasteiger partial charge on any atom is 0.118 e. The number of furan rings is 1. The smallest absolute Gasteiger partial charge is 0.118 e. The highest BCUT2D eigenvalue weighted by Crippen LogP contribution is 2.17. The van der Waals surface area contributed by atoms with Crippen LogP contribution in [0, 0.1) is 6.92 Å². The first kappa shape index (κ1) is 18.2. The lowest BCUT2D eigenvalue weighted by atomic mass is 10.1. The van der Waals surface area contributed by atoms with Crippen molar-refractivity contribution in [3.63, 3.8) is 0 Å². The SMILES string of the molecule is Cc1oc(CNC(C)(C)C)cc1CN(C)CCOC(C)C. The molecule has 0 aromatic carbocycles. The molecule has 0 radical (unpaired) electrons. The van der Waals surface area contributed by atoms with Crippen LogP contribution in [0.25, 0.3) is 0 Å². The topological polar surface area (TPSA) is 37.6 Å². The Bertz CT molecular complexity index is 419. The Kier molecular flexibility index (Phi) is 6.91. The van der Waals surface area contributed by atoms with E-state index in [1.807, 2.05) is 6.92 Å². The Morgan fingerprint density at radius 2 is 2.00 bits per heavy atom. The number of aryl methyl sites for hydroxylation is 1. The Hall–Kier alpha value is -0.840. The lowest BCUT2D eigenvalue weighted by molar-refractivity contribution is 0.0626. The van der Waals surface area contributed by atoms with E-state index in [1.165, 1.54) is 5.56 Å². The molecule has 1 rings (SSSR count). The number of ether oxygens (including phenoxy) is 1. The number of nitrogens with one attached hydrogen (secondary N) is 1. The van der Waals surface area contributed by atoms with Crippen molar-refractivity contribution < 1.29 is 9.15 Å². The third-order valence-electron chi connectivity index (χ3n) is 3.23. The lowest BCUT2D eigenvalue weighted by Crippen LogP contribution is -2.34. The van der Waals surface area contributed by atoms with Crippen molar-refractivity contribution in [1.82, 2.24) is 10.2 Å². The number of nitrogens with zero attached hydrogens (tertiary/aromatic N) is 1. The molecule has 0 amide bonds. The summed E-state index contributed by atoms with van der Waals surface area (Å²) in [6.07, 6.45) is 0.295. The van der Waals surface area contributed by atoms with E-state index in [9.17, 15) is 0 Å². The summed E-state index contributed by atoms with van der Waals surface area (Å²) in [6, 6.07) is 2.16. The Morgan fingerprint density at radius 1 is 1.33 bits per heavy atom. The maximum atomic E-state index is 5.83. The fourth-order valence-corrected chi connectivity index (χ4v) is 2.00. The molecule has 1 heterocycles. The average Bonchev–Trinajstić information content (AvgIpc) is 2.66. The van der Waals surface area contributed by atoms with Crippen molar-refractivity contribution >= 4 is 0 Å². The predicted molar refractivity (Wildman–Crippen MR) is 87.5 cm³/mol. The third-order valence-corrected chi connectivity index (χ3v) is 3.23. The molecule has 21 heavy (non-hydrogen) atoms. The van der Waals surface area contributed by atoms with E-state index in [4.69, 9.17) is 9.15 Å². The number of likely N-dealkylation sites (N-methyl/N-ethyl adjacent to an activating group) is 1. The minimum absolute atomic E-state index is 0.103. The first-order chi connectivity index (χ1) is 9.67. The zero-order valence-electron chi connectivity index (χ0n) is 14.7. The van der Waals surface area contributed by atoms with Gasteiger partial charge in [-0.15, -0.1) is 0 Å². The normalized spacial score (nSPS) is 12.6. The number of hydrogen-bond acceptors (Lipinski definition) is 4. The Morgan fingerprint density at radius 3 is 2.57 bits per heavy atom. The van der Waals surface area contributed by atoms with Crippen molar-refractivity contribution in [2.24, 2.45) is 0 Å². The van der Waals surface area contributed by atoms with Gasteiger partial charge in [0.25, 0.3) is 0 Å². The van der Waals surface area contributed by atoms with E-state index in [-0.39, 0.29) is 5.54 Å². The van der Waals surface area contributed by atoms with Gasteiger partial charge in [-0.1, -0.05) is 0 Å². The second kappa shape index (κ2) is 7.97. The van der Waals surface area contributed by atoms with Gasteiger partial charge in [-0.2, -0.15) is 0 Å². The summed E-state index contributed by atoms with van der Waals surface area (Å²) in [7, 11) is 2.11. The van der Waals surface area contributed by atoms with Gasteiger partial charge in [0.2, 0.25) is 0 Å². The maximum absolute atomic E-state index is 5.83. The van der Waals surface area contributed by atoms with Crippen LogP contribution in [0.1, 0.15) is 51.7 Å². The van der Waals surface area contributed by atoms with Crippen LogP contribution < -0.4 is 5.32 Å². The first-order valence-corrected chi connectivity index (χ1v) is 7.81. The summed E-state index contributed by atoms with van der Waals surface area (Å²) in [6.45, 7) is 16.0. The molecule has 1 aromatic rings. The van der Waals surface area contributed by atoms with Crippen molar-refractivity contribution in [2.45, 2.75) is 66.3 Å². The van der Waals surface area contributed by atoms with Gasteiger partial charge in [-0.3, -0.25) is 4.90 Å². The zero-order chi connectivity index (χ0) is 16.0. The molecule has 0 fully saturated rings. The standard InChI is InChI=1S/C17H32N2O2/c1-13(2)20-9-8-19(7)12-15-10-16(21-14(15)3)11-18-17(4,5)6/h10,13,18H,8-9,11-12H2,1-7H3. The van der Waals surface area contributed by atoms with Crippen LogP contribution in [-0.4, -0.2) is 36.7 Å². The van der Waals surface area contributed by atoms with Crippen LogP contribution in [-0.2, 0) is 17.8 Å². The van der Waals surface area contributed by atoms with Crippen molar-refractivity contribution in [3.05, 3.63) is 23.2 Å². The van der Waals surface area contributed by atoms with Crippen molar-refractivity contribution in [3.8, 4) is 0 Å². The van der Waals surface area contributed by atoms with Crippen LogP contribution >= 0.6 is 0 Å². The second-order valence-corrected chi connectivity index (χ2v) is 7.06. The Labute approximate surface area is 129 Å². The molecule has 0 aliphatic carbocycles. The second-order valence-electron chi connectivity index (χ2n) is 7.06. The molecule has 0 saturated carbocycles. The van der Waals surface area contributed by atoms with Crippen LogP contribution in [0.2, 0.25) is 0 Å². The van der Waals surface area contributed by atoms with Gasteiger partial charge in [0.1, 0.15) is 11.5 Å². The molecule has 122 valence electrons. The highest BCUT2D eigenvalue weighted by Gasteiger charge is 2.13. The molecule has 0 aliphatic heterocycles. The lowest BCUT2D eigenvalue weighted by Gasteiger charge is -2.19. The van der Waals surface area contributed by atoms with E-state index in [1.54, 1.807) is 0 Å². The Balaban J connectivity index is 2.46. The van der Waals surface area contributed by atoms with Gasteiger partial charge in [0.15, 0.2) is 0 Å². The minimum Gasteiger partial charge on any atom is -0.465 e. The van der Waals surface area contributed by atoms with Crippen LogP contribution in [0.3, 0.4) is 0 Å². The summed E-state index contributed by atoms with van der Waals surface area (Å²) < 4.78 is 11.4. The summed E-state index contributed by atoms with van der Waals surface area (Å²) >= 11 is 0. The minimum atomic E-state index is 0.103. The van der Waals surface area contributed by atoms with E-state index in [0.29, 0.717) is 6.10 Å². The molecule has 0 bridgehead atoms. The monoisotopic (exact) mass is 296 g/mol. The average molecular weight is 296 g/mol. The number of rotatable bonds is 8. The van der Waals surface area contributed by atoms with Crippen molar-refractivity contribution in [1.29, 1.82) is 0 Å². The van der Waals surface area contributed by atoms with Crippen LogP contribution in [0.5, 0.6) is 0 Å². The first-order valence-electron chi connectivity index (χ1n) is 7.81. The molecule has 1 N–H and O–H groups in total. The van der Waals surface area contributed by atoms with Gasteiger partial charge < -0.3 is 14.5 Å². The van der Waals surface area contributed by atoms with E-state index in [0.717, 1.165) is 37.8 Å². The third kappa shape index (κ3) is 7.65. The molecule has 4 nitrogen and oxygen atoms in total. The van der Waals surface area contributed by atoms with Gasteiger partial charge in [0, 0.05) is 24.2 Å². The summed E-state index contributed by atoms with van der Waals surface area (Å²) in [4.78, 5) is 2.27. The fourth-order valence-electron chi connectivity index (χ4n) is 2.00. The highest BCUT2D eigenvalue weighted by molar-refractivity contribution is 5.20. The fraction of sp³-hybridized carbons (Fsp3) is 0.765. The van der Waals surface area contributed by atoms with E-state index < -0.39 is 0 Å². The highest BCUT2D eigenvalue weighted by atomic mass is 16.5. The zero-order valence-corrected chi connectivity index (χ0v) is 14.7. The molecule has 1 aromatic heterocycles. The van der Waals surface area contributed by atoms with E-state index >= 15 is 0 Å². The van der Waals surface area contributed by atoms with Crippen LogP contribution in [0.4, 0.5) is 0 Å². The summed E-state index contributed by atoms with van der Waals surface area (Å²) in [5.74, 6) is 2.02. The van der Waals surface area contributed by atoms with Gasteiger partial charge >= 0.3 is 0 Å². The quantitative estimate of drug-likeness (QED) is 0.798. The molecule has 4 heteroatoms. The molecule has 0 unspecified atom stereocenters. The van der Waals surface area contributed by atoms with Crippen molar-refractivity contribution in [2.75, 3.05) is 20.2 Å². The largest absolute Gasteiger partial charge is 0.465 e. The van der Waals surface area contributed by atoms with Crippen LogP contribution in [0.15, 0.2) is 10.5 Å². The van der Waals surface area contributed by atoms with Gasteiger partial charge in [0.05, 0.1) is 19.3 Å². The molecular weight excluding hydrogens is 264 g/mol. The molecule has 0 aliphatic rings. The molecular formula is C17H32N2O2. The molecule has 0 atom stereocenters. The van der Waals surface area contributed by atoms with E-state index in [2.05, 4.69) is 57.9 Å². The predicted octanol–water partition coefficient (Wildman–Crippen LogP) is 3.33. The van der Waals surface area contributed by atoms with Gasteiger partial charge in [-0.05, 0) is 54.7 Å².